The van der Waals surface area contributed by atoms with Gasteiger partial charge in [0.15, 0.2) is 0 Å². The average molecular weight is 184 g/mol. The Balaban J connectivity index is 1.88. The quantitative estimate of drug-likeness (QED) is 0.735. The van der Waals surface area contributed by atoms with Crippen molar-refractivity contribution < 1.29 is 5.11 Å². The molecule has 2 rings (SSSR count). The molecule has 0 spiro atoms. The molecule has 1 aliphatic heterocycles. The van der Waals surface area contributed by atoms with Gasteiger partial charge in [-0.2, -0.15) is 0 Å². The van der Waals surface area contributed by atoms with E-state index in [1.165, 1.54) is 4.88 Å². The van der Waals surface area contributed by atoms with Crippen LogP contribution in [0, 0.1) is 0 Å². The van der Waals surface area contributed by atoms with Gasteiger partial charge >= 0.3 is 0 Å². The van der Waals surface area contributed by atoms with Crippen LogP contribution >= 0.6 is 11.3 Å². The summed E-state index contributed by atoms with van der Waals surface area (Å²) in [5.74, 6) is 0. The molecule has 3 nitrogen and oxygen atoms in total. The van der Waals surface area contributed by atoms with Crippen molar-refractivity contribution in [2.45, 2.75) is 19.1 Å². The van der Waals surface area contributed by atoms with E-state index in [1.807, 2.05) is 11.7 Å². The van der Waals surface area contributed by atoms with Crippen molar-refractivity contribution in [3.8, 4) is 0 Å². The Labute approximate surface area is 75.7 Å². The number of hydrogen-bond acceptors (Lipinski definition) is 4. The Bertz CT molecular complexity index is 237. The highest BCUT2D eigenvalue weighted by molar-refractivity contribution is 7.09. The lowest BCUT2D eigenvalue weighted by molar-refractivity contribution is 0.175. The van der Waals surface area contributed by atoms with Gasteiger partial charge in [-0.3, -0.25) is 9.88 Å². The topological polar surface area (TPSA) is 36.4 Å². The highest BCUT2D eigenvalue weighted by Gasteiger charge is 2.19. The summed E-state index contributed by atoms with van der Waals surface area (Å²) in [7, 11) is 0. The molecule has 1 unspecified atom stereocenters. The molecule has 0 bridgehead atoms. The van der Waals surface area contributed by atoms with E-state index in [1.54, 1.807) is 11.3 Å². The maximum atomic E-state index is 9.27. The molecule has 1 aromatic heterocycles. The van der Waals surface area contributed by atoms with E-state index in [-0.39, 0.29) is 6.10 Å². The van der Waals surface area contributed by atoms with E-state index in [0.29, 0.717) is 0 Å². The molecule has 2 heterocycles. The van der Waals surface area contributed by atoms with E-state index in [0.717, 1.165) is 26.1 Å². The van der Waals surface area contributed by atoms with E-state index >= 15 is 0 Å². The molecular weight excluding hydrogens is 172 g/mol. The highest BCUT2D eigenvalue weighted by Crippen LogP contribution is 2.15. The summed E-state index contributed by atoms with van der Waals surface area (Å²) in [4.78, 5) is 7.56. The molecule has 0 aromatic carbocycles. The second-order valence-electron chi connectivity index (χ2n) is 3.15. The second-order valence-corrected chi connectivity index (χ2v) is 4.12. The Hall–Kier alpha value is -0.450. The van der Waals surface area contributed by atoms with Crippen molar-refractivity contribution >= 4 is 11.3 Å². The summed E-state index contributed by atoms with van der Waals surface area (Å²) < 4.78 is 0. The molecule has 1 atom stereocenters. The first-order valence-corrected chi connectivity index (χ1v) is 5.00. The van der Waals surface area contributed by atoms with Gasteiger partial charge < -0.3 is 5.11 Å². The number of aliphatic hydroxyl groups is 1. The van der Waals surface area contributed by atoms with Crippen molar-refractivity contribution in [2.24, 2.45) is 0 Å². The molecule has 1 saturated heterocycles. The summed E-state index contributed by atoms with van der Waals surface area (Å²) in [6, 6.07) is 0. The molecule has 0 saturated carbocycles. The molecule has 12 heavy (non-hydrogen) atoms. The fourth-order valence-corrected chi connectivity index (χ4v) is 2.13. The van der Waals surface area contributed by atoms with Gasteiger partial charge in [-0.15, -0.1) is 11.3 Å². The number of thiazole rings is 1. The third-order valence-electron chi connectivity index (χ3n) is 2.11. The van der Waals surface area contributed by atoms with Crippen LogP contribution in [0.2, 0.25) is 0 Å². The van der Waals surface area contributed by atoms with E-state index in [9.17, 15) is 5.11 Å². The summed E-state index contributed by atoms with van der Waals surface area (Å²) >= 11 is 1.68. The number of rotatable bonds is 2. The Morgan fingerprint density at radius 1 is 1.75 bits per heavy atom. The maximum absolute atomic E-state index is 9.27. The first-order chi connectivity index (χ1) is 5.84. The van der Waals surface area contributed by atoms with Gasteiger partial charge in [0.2, 0.25) is 0 Å². The molecule has 4 heteroatoms. The SMILES string of the molecule is OC1CCN(Cc2cncs2)C1. The number of likely N-dealkylation sites (tertiary alicyclic amines) is 1. The number of nitrogens with zero attached hydrogens (tertiary/aromatic N) is 2. The van der Waals surface area contributed by atoms with Crippen molar-refractivity contribution in [1.29, 1.82) is 0 Å². The van der Waals surface area contributed by atoms with Crippen molar-refractivity contribution in [1.82, 2.24) is 9.88 Å². The van der Waals surface area contributed by atoms with Gasteiger partial charge in [-0.25, -0.2) is 0 Å². The summed E-state index contributed by atoms with van der Waals surface area (Å²) in [5.41, 5.74) is 1.85. The Morgan fingerprint density at radius 2 is 2.67 bits per heavy atom. The van der Waals surface area contributed by atoms with Gasteiger partial charge in [0.25, 0.3) is 0 Å². The van der Waals surface area contributed by atoms with Crippen LogP contribution in [0.1, 0.15) is 11.3 Å². The molecule has 0 amide bonds. The lowest BCUT2D eigenvalue weighted by Gasteiger charge is -2.12. The second kappa shape index (κ2) is 3.51. The predicted octanol–water partition coefficient (Wildman–Crippen LogP) is 0.710. The number of aromatic nitrogens is 1. The van der Waals surface area contributed by atoms with Gasteiger partial charge in [0.1, 0.15) is 0 Å². The largest absolute Gasteiger partial charge is 0.392 e. The first-order valence-electron chi connectivity index (χ1n) is 4.12. The summed E-state index contributed by atoms with van der Waals surface area (Å²) in [5, 5.41) is 9.27. The Morgan fingerprint density at radius 3 is 3.25 bits per heavy atom. The summed E-state index contributed by atoms with van der Waals surface area (Å²) in [6.45, 7) is 2.78. The van der Waals surface area contributed by atoms with Crippen LogP contribution in [0.5, 0.6) is 0 Å². The first kappa shape index (κ1) is 8.16. The lowest BCUT2D eigenvalue weighted by atomic mass is 10.3. The monoisotopic (exact) mass is 184 g/mol. The normalized spacial score (nSPS) is 24.9. The van der Waals surface area contributed by atoms with E-state index in [2.05, 4.69) is 9.88 Å². The number of β-amino-alcohol motifs (C(OH)–C–C–N with tert-alkyl or cyclic N) is 1. The minimum absolute atomic E-state index is 0.113. The van der Waals surface area contributed by atoms with Crippen LogP contribution in [-0.2, 0) is 6.54 Å². The molecule has 1 fully saturated rings. The van der Waals surface area contributed by atoms with E-state index < -0.39 is 0 Å². The van der Waals surface area contributed by atoms with Gasteiger partial charge in [0, 0.05) is 30.7 Å². The number of aliphatic hydroxyl groups excluding tert-OH is 1. The minimum atomic E-state index is -0.113. The molecular formula is C8H12N2OS. The predicted molar refractivity (Wildman–Crippen MR) is 48.0 cm³/mol. The maximum Gasteiger partial charge on any atom is 0.0794 e. The van der Waals surface area contributed by atoms with Crippen LogP contribution in [0.15, 0.2) is 11.7 Å². The lowest BCUT2D eigenvalue weighted by Crippen LogP contribution is -2.20. The van der Waals surface area contributed by atoms with Crippen LogP contribution < -0.4 is 0 Å². The van der Waals surface area contributed by atoms with Gasteiger partial charge in [-0.1, -0.05) is 0 Å². The van der Waals surface area contributed by atoms with Crippen LogP contribution in [0.4, 0.5) is 0 Å². The van der Waals surface area contributed by atoms with Crippen molar-refractivity contribution in [3.05, 3.63) is 16.6 Å². The zero-order valence-electron chi connectivity index (χ0n) is 6.81. The van der Waals surface area contributed by atoms with Crippen LogP contribution in [0.25, 0.3) is 0 Å². The average Bonchev–Trinajstić information content (AvgIpc) is 2.63. The molecule has 1 N–H and O–H groups in total. The Kier molecular flexibility index (Phi) is 2.39. The third-order valence-corrected chi connectivity index (χ3v) is 2.87. The van der Waals surface area contributed by atoms with Gasteiger partial charge in [0.05, 0.1) is 11.6 Å². The third kappa shape index (κ3) is 1.83. The molecule has 66 valence electrons. The fraction of sp³-hybridized carbons (Fsp3) is 0.625. The minimum Gasteiger partial charge on any atom is -0.392 e. The molecule has 0 aliphatic carbocycles. The van der Waals surface area contributed by atoms with Crippen LogP contribution in [-0.4, -0.2) is 34.2 Å². The van der Waals surface area contributed by atoms with Gasteiger partial charge in [-0.05, 0) is 6.42 Å². The highest BCUT2D eigenvalue weighted by atomic mass is 32.1. The molecule has 1 aromatic rings. The van der Waals surface area contributed by atoms with Crippen molar-refractivity contribution in [3.63, 3.8) is 0 Å². The standard InChI is InChI=1S/C8H12N2OS/c11-7-1-2-10(4-7)5-8-3-9-6-12-8/h3,6-7,11H,1-2,4-5H2. The smallest absolute Gasteiger partial charge is 0.0794 e. The zero-order chi connectivity index (χ0) is 8.39. The fourth-order valence-electron chi connectivity index (χ4n) is 1.50. The molecule has 0 radical (unpaired) electrons. The van der Waals surface area contributed by atoms with Crippen molar-refractivity contribution in [2.75, 3.05) is 13.1 Å². The zero-order valence-corrected chi connectivity index (χ0v) is 7.63. The number of hydrogen-bond donors (Lipinski definition) is 1. The molecule has 1 aliphatic rings. The van der Waals surface area contributed by atoms with E-state index in [4.69, 9.17) is 0 Å². The van der Waals surface area contributed by atoms with Crippen LogP contribution in [0.3, 0.4) is 0 Å². The summed E-state index contributed by atoms with van der Waals surface area (Å²) in [6.07, 6.45) is 2.70.